The van der Waals surface area contributed by atoms with Gasteiger partial charge in [-0.2, -0.15) is 0 Å². The van der Waals surface area contributed by atoms with Gasteiger partial charge in [0, 0.05) is 12.2 Å². The molecule has 0 radical (unpaired) electrons. The predicted molar refractivity (Wildman–Crippen MR) is 118 cm³/mol. The molecule has 1 aliphatic heterocycles. The molecule has 0 saturated carbocycles. The van der Waals surface area contributed by atoms with Crippen molar-refractivity contribution in [3.63, 3.8) is 0 Å². The number of para-hydroxylation sites is 1. The van der Waals surface area contributed by atoms with Crippen molar-refractivity contribution >= 4 is 17.5 Å². The molecule has 30 heavy (non-hydrogen) atoms. The predicted octanol–water partition coefficient (Wildman–Crippen LogP) is -0.324. The summed E-state index contributed by atoms with van der Waals surface area (Å²) in [4.78, 5) is 27.6. The molecular formula is C24H34N4O2+2. The lowest BCUT2D eigenvalue weighted by atomic mass is 10.1. The Labute approximate surface area is 179 Å². The maximum absolute atomic E-state index is 12.5. The van der Waals surface area contributed by atoms with Gasteiger partial charge in [-0.1, -0.05) is 55.5 Å². The summed E-state index contributed by atoms with van der Waals surface area (Å²) in [6.45, 7) is 8.71. The summed E-state index contributed by atoms with van der Waals surface area (Å²) in [5.74, 6) is 0.147. The van der Waals surface area contributed by atoms with E-state index in [2.05, 4.69) is 23.6 Å². The Morgan fingerprint density at radius 3 is 2.33 bits per heavy atom. The van der Waals surface area contributed by atoms with Crippen LogP contribution in [0, 0.1) is 0 Å². The van der Waals surface area contributed by atoms with Crippen molar-refractivity contribution in [3.05, 3.63) is 65.7 Å². The molecule has 6 heteroatoms. The lowest BCUT2D eigenvalue weighted by Gasteiger charge is -2.32. The summed E-state index contributed by atoms with van der Waals surface area (Å²) in [5, 5.41) is 6.11. The molecule has 1 aliphatic rings. The number of hydrogen-bond donors (Lipinski definition) is 4. The third-order valence-corrected chi connectivity index (χ3v) is 6.00. The summed E-state index contributed by atoms with van der Waals surface area (Å²) in [5.41, 5.74) is 3.18. The number of nitrogens with one attached hydrogen (secondary N) is 4. The Hall–Kier alpha value is -2.70. The zero-order valence-electron chi connectivity index (χ0n) is 18.0. The zero-order valence-corrected chi connectivity index (χ0v) is 18.0. The Balaban J connectivity index is 1.41. The van der Waals surface area contributed by atoms with Gasteiger partial charge in [-0.05, 0) is 30.5 Å². The van der Waals surface area contributed by atoms with Crippen molar-refractivity contribution in [2.24, 2.45) is 0 Å². The molecule has 0 spiro atoms. The second kappa shape index (κ2) is 10.9. The minimum absolute atomic E-state index is 0.0583. The van der Waals surface area contributed by atoms with Gasteiger partial charge in [-0.3, -0.25) is 9.59 Å². The molecule has 1 fully saturated rings. The fraction of sp³-hybridized carbons (Fsp3) is 0.417. The zero-order chi connectivity index (χ0) is 21.3. The molecule has 2 aromatic rings. The normalized spacial score (nSPS) is 19.7. The van der Waals surface area contributed by atoms with E-state index in [1.54, 1.807) is 0 Å². The van der Waals surface area contributed by atoms with Crippen LogP contribution in [0.3, 0.4) is 0 Å². The van der Waals surface area contributed by atoms with Gasteiger partial charge in [-0.15, -0.1) is 0 Å². The van der Waals surface area contributed by atoms with Gasteiger partial charge in [0.25, 0.3) is 11.8 Å². The van der Waals surface area contributed by atoms with Crippen molar-refractivity contribution in [3.8, 4) is 0 Å². The van der Waals surface area contributed by atoms with Gasteiger partial charge in [0.2, 0.25) is 0 Å². The first-order chi connectivity index (χ1) is 14.6. The molecule has 0 aromatic heterocycles. The lowest BCUT2D eigenvalue weighted by molar-refractivity contribution is -1.01. The minimum atomic E-state index is -0.0829. The highest BCUT2D eigenvalue weighted by Crippen LogP contribution is 2.14. The first kappa shape index (κ1) is 22.0. The Morgan fingerprint density at radius 2 is 1.63 bits per heavy atom. The molecule has 0 unspecified atom stereocenters. The monoisotopic (exact) mass is 410 g/mol. The average Bonchev–Trinajstić information content (AvgIpc) is 2.78. The quantitative estimate of drug-likeness (QED) is 0.482. The van der Waals surface area contributed by atoms with Gasteiger partial charge < -0.3 is 20.4 Å². The van der Waals surface area contributed by atoms with Crippen LogP contribution >= 0.6 is 0 Å². The van der Waals surface area contributed by atoms with Gasteiger partial charge in [0.1, 0.15) is 26.2 Å². The Bertz CT molecular complexity index is 832. The van der Waals surface area contributed by atoms with Gasteiger partial charge in [-0.25, -0.2) is 0 Å². The minimum Gasteiger partial charge on any atom is -0.347 e. The van der Waals surface area contributed by atoms with Crippen LogP contribution in [0.1, 0.15) is 25.0 Å². The van der Waals surface area contributed by atoms with Crippen LogP contribution in [0.4, 0.5) is 5.69 Å². The fourth-order valence-electron chi connectivity index (χ4n) is 4.03. The van der Waals surface area contributed by atoms with Crippen LogP contribution in [-0.4, -0.2) is 50.6 Å². The van der Waals surface area contributed by atoms with Crippen molar-refractivity contribution in [1.82, 2.24) is 5.32 Å². The number of carbonyl (C=O) groups excluding carboxylic acids is 2. The SMILES string of the molecule is CCc1ccccc1NC(=O)C[NH+]1CC[NH+]([C@H](C)C(=O)NCc2ccccc2)CC1. The fourth-order valence-corrected chi connectivity index (χ4v) is 4.03. The Morgan fingerprint density at radius 1 is 0.967 bits per heavy atom. The maximum atomic E-state index is 12.5. The summed E-state index contributed by atoms with van der Waals surface area (Å²) in [6, 6.07) is 17.9. The van der Waals surface area contributed by atoms with E-state index in [0.29, 0.717) is 13.1 Å². The van der Waals surface area contributed by atoms with E-state index < -0.39 is 0 Å². The summed E-state index contributed by atoms with van der Waals surface area (Å²) in [7, 11) is 0. The van der Waals surface area contributed by atoms with E-state index in [4.69, 9.17) is 0 Å². The average molecular weight is 411 g/mol. The molecule has 1 atom stereocenters. The van der Waals surface area contributed by atoms with E-state index in [0.717, 1.165) is 49.4 Å². The molecular weight excluding hydrogens is 376 g/mol. The number of benzene rings is 2. The maximum Gasteiger partial charge on any atom is 0.279 e. The van der Waals surface area contributed by atoms with Crippen molar-refractivity contribution < 1.29 is 19.4 Å². The van der Waals surface area contributed by atoms with Gasteiger partial charge >= 0.3 is 0 Å². The topological polar surface area (TPSA) is 67.1 Å². The first-order valence-electron chi connectivity index (χ1n) is 10.9. The standard InChI is InChI=1S/C24H32N4O2/c1-3-21-11-7-8-12-22(21)26-23(29)18-27-13-15-28(16-14-27)19(2)24(30)25-17-20-9-5-4-6-10-20/h4-12,19H,3,13-18H2,1-2H3,(H,25,30)(H,26,29)/p+2/t19-/m1/s1. The first-order valence-corrected chi connectivity index (χ1v) is 10.9. The number of anilines is 1. The number of carbonyl (C=O) groups is 2. The van der Waals surface area contributed by atoms with Crippen LogP contribution in [0.25, 0.3) is 0 Å². The van der Waals surface area contributed by atoms with Crippen LogP contribution in [0.2, 0.25) is 0 Å². The van der Waals surface area contributed by atoms with Crippen molar-refractivity contribution in [2.45, 2.75) is 32.9 Å². The molecule has 4 N–H and O–H groups in total. The van der Waals surface area contributed by atoms with E-state index in [1.807, 2.05) is 55.5 Å². The van der Waals surface area contributed by atoms with Gasteiger partial charge in [0.05, 0.1) is 0 Å². The van der Waals surface area contributed by atoms with Crippen LogP contribution in [0.15, 0.2) is 54.6 Å². The van der Waals surface area contributed by atoms with E-state index in [-0.39, 0.29) is 17.9 Å². The molecule has 3 rings (SSSR count). The highest BCUT2D eigenvalue weighted by Gasteiger charge is 2.31. The number of rotatable bonds is 8. The second-order valence-corrected chi connectivity index (χ2v) is 8.07. The summed E-state index contributed by atoms with van der Waals surface area (Å²) < 4.78 is 0. The smallest absolute Gasteiger partial charge is 0.279 e. The lowest BCUT2D eigenvalue weighted by Crippen LogP contribution is -3.30. The van der Waals surface area contributed by atoms with Crippen LogP contribution in [-0.2, 0) is 22.6 Å². The molecule has 0 aliphatic carbocycles. The number of piperazine rings is 1. The molecule has 160 valence electrons. The third-order valence-electron chi connectivity index (χ3n) is 6.00. The molecule has 2 amide bonds. The second-order valence-electron chi connectivity index (χ2n) is 8.07. The number of hydrogen-bond acceptors (Lipinski definition) is 2. The Kier molecular flexibility index (Phi) is 7.99. The molecule has 1 saturated heterocycles. The van der Waals surface area contributed by atoms with E-state index >= 15 is 0 Å². The number of quaternary nitrogens is 2. The van der Waals surface area contributed by atoms with E-state index in [1.165, 1.54) is 9.80 Å². The third kappa shape index (κ3) is 6.15. The largest absolute Gasteiger partial charge is 0.347 e. The van der Waals surface area contributed by atoms with Gasteiger partial charge in [0.15, 0.2) is 12.6 Å². The van der Waals surface area contributed by atoms with Crippen molar-refractivity contribution in [2.75, 3.05) is 38.0 Å². The van der Waals surface area contributed by atoms with Crippen molar-refractivity contribution in [1.29, 1.82) is 0 Å². The van der Waals surface area contributed by atoms with Crippen LogP contribution < -0.4 is 20.4 Å². The summed E-state index contributed by atoms with van der Waals surface area (Å²) in [6.07, 6.45) is 0.898. The number of amides is 2. The molecule has 6 nitrogen and oxygen atoms in total. The molecule has 1 heterocycles. The number of aryl methyl sites for hydroxylation is 1. The van der Waals surface area contributed by atoms with E-state index in [9.17, 15) is 9.59 Å². The van der Waals surface area contributed by atoms with Crippen LogP contribution in [0.5, 0.6) is 0 Å². The highest BCUT2D eigenvalue weighted by molar-refractivity contribution is 5.92. The molecule has 2 aromatic carbocycles. The summed E-state index contributed by atoms with van der Waals surface area (Å²) >= 11 is 0. The highest BCUT2D eigenvalue weighted by atomic mass is 16.2. The molecule has 0 bridgehead atoms.